The van der Waals surface area contributed by atoms with Crippen molar-refractivity contribution >= 4 is 17.7 Å². The summed E-state index contributed by atoms with van der Waals surface area (Å²) in [5.41, 5.74) is 1.01. The van der Waals surface area contributed by atoms with Crippen molar-refractivity contribution in [1.82, 2.24) is 14.9 Å². The first-order chi connectivity index (χ1) is 13.7. The van der Waals surface area contributed by atoms with Gasteiger partial charge < -0.3 is 25.4 Å². The number of hydrogen-bond acceptors (Lipinski definition) is 8. The molecule has 1 amide bonds. The molecule has 3 N–H and O–H groups in total. The van der Waals surface area contributed by atoms with Crippen LogP contribution < -0.4 is 10.6 Å². The number of nitriles is 1. The van der Waals surface area contributed by atoms with Crippen LogP contribution in [0.4, 0.5) is 11.8 Å². The molecule has 0 saturated carbocycles. The van der Waals surface area contributed by atoms with Crippen LogP contribution >= 0.6 is 0 Å². The number of aromatic nitrogens is 2. The number of phenolic OH excluding ortho intramolecular Hbond substituents is 1. The van der Waals surface area contributed by atoms with Gasteiger partial charge in [0.1, 0.15) is 23.2 Å². The van der Waals surface area contributed by atoms with E-state index in [1.165, 1.54) is 6.20 Å². The molecule has 2 aromatic rings. The summed E-state index contributed by atoms with van der Waals surface area (Å²) in [4.78, 5) is 22.4. The molecule has 1 aliphatic heterocycles. The van der Waals surface area contributed by atoms with Crippen LogP contribution in [-0.4, -0.2) is 58.7 Å². The fourth-order valence-electron chi connectivity index (χ4n) is 2.78. The maximum atomic E-state index is 12.2. The summed E-state index contributed by atoms with van der Waals surface area (Å²) < 4.78 is 5.24. The van der Waals surface area contributed by atoms with Gasteiger partial charge >= 0.3 is 0 Å². The number of benzene rings is 1. The largest absolute Gasteiger partial charge is 0.508 e. The van der Waals surface area contributed by atoms with Crippen molar-refractivity contribution in [3.05, 3.63) is 41.6 Å². The summed E-state index contributed by atoms with van der Waals surface area (Å²) in [6, 6.07) is 9.02. The highest BCUT2D eigenvalue weighted by atomic mass is 16.5. The molecule has 1 saturated heterocycles. The van der Waals surface area contributed by atoms with E-state index in [4.69, 9.17) is 4.74 Å². The van der Waals surface area contributed by atoms with E-state index in [9.17, 15) is 15.2 Å². The molecule has 1 aliphatic rings. The second-order valence-electron chi connectivity index (χ2n) is 6.22. The van der Waals surface area contributed by atoms with Crippen LogP contribution in [0.15, 0.2) is 30.5 Å². The molecule has 0 unspecified atom stereocenters. The number of anilines is 2. The Morgan fingerprint density at radius 1 is 1.29 bits per heavy atom. The zero-order chi connectivity index (χ0) is 19.8. The van der Waals surface area contributed by atoms with Crippen molar-refractivity contribution in [1.29, 1.82) is 5.26 Å². The Labute approximate surface area is 163 Å². The summed E-state index contributed by atoms with van der Waals surface area (Å²) in [7, 11) is 0. The van der Waals surface area contributed by atoms with Gasteiger partial charge in [0.05, 0.1) is 19.4 Å². The minimum Gasteiger partial charge on any atom is -0.508 e. The lowest BCUT2D eigenvalue weighted by molar-refractivity contribution is -0.134. The van der Waals surface area contributed by atoms with Crippen molar-refractivity contribution in [3.8, 4) is 11.8 Å². The van der Waals surface area contributed by atoms with Gasteiger partial charge in [-0.25, -0.2) is 4.98 Å². The lowest BCUT2D eigenvalue weighted by Gasteiger charge is -2.26. The van der Waals surface area contributed by atoms with Gasteiger partial charge in [0.15, 0.2) is 0 Å². The molecule has 3 rings (SSSR count). The number of ether oxygens (including phenoxy) is 1. The first-order valence-electron chi connectivity index (χ1n) is 9.04. The molecule has 1 aromatic heterocycles. The molecule has 1 fully saturated rings. The minimum absolute atomic E-state index is 0.0428. The molecular formula is C19H22N6O3. The number of nitrogens with zero attached hydrogens (tertiary/aromatic N) is 4. The van der Waals surface area contributed by atoms with E-state index in [1.54, 1.807) is 23.1 Å². The third-order valence-corrected chi connectivity index (χ3v) is 4.33. The van der Waals surface area contributed by atoms with Gasteiger partial charge in [0.25, 0.3) is 0 Å². The van der Waals surface area contributed by atoms with Gasteiger partial charge in [-0.05, 0) is 6.07 Å². The number of amides is 1. The molecule has 2 heterocycles. The number of aromatic hydroxyl groups is 1. The van der Waals surface area contributed by atoms with Crippen LogP contribution in [0.1, 0.15) is 17.5 Å². The van der Waals surface area contributed by atoms with Gasteiger partial charge in [-0.15, -0.1) is 0 Å². The van der Waals surface area contributed by atoms with Crippen LogP contribution in [-0.2, 0) is 16.1 Å². The molecule has 0 bridgehead atoms. The van der Waals surface area contributed by atoms with Gasteiger partial charge in [-0.3, -0.25) is 4.79 Å². The molecule has 146 valence electrons. The number of para-hydroxylation sites is 1. The Balaban J connectivity index is 1.57. The minimum atomic E-state index is 0.0428. The van der Waals surface area contributed by atoms with E-state index in [2.05, 4.69) is 20.6 Å². The van der Waals surface area contributed by atoms with Gasteiger partial charge in [-0.2, -0.15) is 10.2 Å². The standard InChI is InChI=1S/C19H22N6O3/c20-11-15-13-23-19(22-12-14-3-1-2-4-16(14)26)24-18(15)21-6-5-17(27)25-7-9-28-10-8-25/h1-4,13,26H,5-10,12H2,(H2,21,22,23,24). The average molecular weight is 382 g/mol. The third kappa shape index (κ3) is 5.08. The van der Waals surface area contributed by atoms with E-state index in [0.717, 1.165) is 0 Å². The Kier molecular flexibility index (Phi) is 6.59. The number of rotatable bonds is 7. The fraction of sp³-hybridized carbons (Fsp3) is 0.368. The summed E-state index contributed by atoms with van der Waals surface area (Å²) >= 11 is 0. The molecule has 0 aliphatic carbocycles. The highest BCUT2D eigenvalue weighted by Crippen LogP contribution is 2.18. The number of carbonyl (C=O) groups excluding carboxylic acids is 1. The molecule has 0 spiro atoms. The SMILES string of the molecule is N#Cc1cnc(NCc2ccccc2O)nc1NCCC(=O)N1CCOCC1. The van der Waals surface area contributed by atoms with Crippen molar-refractivity contribution in [2.24, 2.45) is 0 Å². The second kappa shape index (κ2) is 9.53. The first kappa shape index (κ1) is 19.4. The van der Waals surface area contributed by atoms with E-state index in [1.807, 2.05) is 12.1 Å². The first-order valence-corrected chi connectivity index (χ1v) is 9.04. The lowest BCUT2D eigenvalue weighted by atomic mass is 10.2. The lowest BCUT2D eigenvalue weighted by Crippen LogP contribution is -2.41. The summed E-state index contributed by atoms with van der Waals surface area (Å²) in [6.07, 6.45) is 1.72. The maximum absolute atomic E-state index is 12.2. The van der Waals surface area contributed by atoms with Gasteiger partial charge in [0.2, 0.25) is 11.9 Å². The Hall–Kier alpha value is -3.38. The van der Waals surface area contributed by atoms with Crippen LogP contribution in [0.2, 0.25) is 0 Å². The topological polar surface area (TPSA) is 123 Å². The predicted molar refractivity (Wildman–Crippen MR) is 103 cm³/mol. The van der Waals surface area contributed by atoms with Crippen LogP contribution in [0.25, 0.3) is 0 Å². The van der Waals surface area contributed by atoms with E-state index in [0.29, 0.717) is 68.7 Å². The Morgan fingerprint density at radius 3 is 2.82 bits per heavy atom. The Bertz CT molecular complexity index is 861. The van der Waals surface area contributed by atoms with Crippen molar-refractivity contribution in [2.45, 2.75) is 13.0 Å². The fourth-order valence-corrected chi connectivity index (χ4v) is 2.78. The summed E-state index contributed by atoms with van der Waals surface area (Å²) in [6.45, 7) is 3.05. The number of nitrogens with one attached hydrogen (secondary N) is 2. The second-order valence-corrected chi connectivity index (χ2v) is 6.22. The van der Waals surface area contributed by atoms with Crippen molar-refractivity contribution in [2.75, 3.05) is 43.5 Å². The average Bonchev–Trinajstić information content (AvgIpc) is 2.74. The quantitative estimate of drug-likeness (QED) is 0.655. The molecule has 0 atom stereocenters. The van der Waals surface area contributed by atoms with Crippen LogP contribution in [0.3, 0.4) is 0 Å². The van der Waals surface area contributed by atoms with Crippen LogP contribution in [0.5, 0.6) is 5.75 Å². The maximum Gasteiger partial charge on any atom is 0.224 e. The van der Waals surface area contributed by atoms with Gasteiger partial charge in [-0.1, -0.05) is 18.2 Å². The number of phenols is 1. The van der Waals surface area contributed by atoms with Gasteiger partial charge in [0, 0.05) is 38.2 Å². The molecular weight excluding hydrogens is 360 g/mol. The summed E-state index contributed by atoms with van der Waals surface area (Å²) in [5.74, 6) is 0.918. The van der Waals surface area contributed by atoms with E-state index < -0.39 is 0 Å². The third-order valence-electron chi connectivity index (χ3n) is 4.33. The van der Waals surface area contributed by atoms with Crippen molar-refractivity contribution in [3.63, 3.8) is 0 Å². The summed E-state index contributed by atoms with van der Waals surface area (Å²) in [5, 5.41) is 25.1. The molecule has 0 radical (unpaired) electrons. The monoisotopic (exact) mass is 382 g/mol. The number of morpholine rings is 1. The Morgan fingerprint density at radius 2 is 2.07 bits per heavy atom. The highest BCUT2D eigenvalue weighted by Gasteiger charge is 2.16. The van der Waals surface area contributed by atoms with Crippen LogP contribution in [0, 0.1) is 11.3 Å². The molecule has 9 nitrogen and oxygen atoms in total. The molecule has 9 heteroatoms. The zero-order valence-corrected chi connectivity index (χ0v) is 15.4. The number of hydrogen-bond donors (Lipinski definition) is 3. The van der Waals surface area contributed by atoms with Crippen molar-refractivity contribution < 1.29 is 14.6 Å². The zero-order valence-electron chi connectivity index (χ0n) is 15.4. The molecule has 1 aromatic carbocycles. The smallest absolute Gasteiger partial charge is 0.224 e. The molecule has 28 heavy (non-hydrogen) atoms. The highest BCUT2D eigenvalue weighted by molar-refractivity contribution is 5.76. The normalized spacial score (nSPS) is 13.6. The number of carbonyl (C=O) groups is 1. The van der Waals surface area contributed by atoms with E-state index >= 15 is 0 Å². The van der Waals surface area contributed by atoms with E-state index in [-0.39, 0.29) is 11.7 Å². The predicted octanol–water partition coefficient (Wildman–Crippen LogP) is 1.33.